The normalized spacial score (nSPS) is 15.5. The van der Waals surface area contributed by atoms with Crippen LogP contribution >= 0.6 is 0 Å². The Morgan fingerprint density at radius 2 is 1.84 bits per heavy atom. The van der Waals surface area contributed by atoms with E-state index in [1.54, 1.807) is 18.3 Å². The fourth-order valence-corrected chi connectivity index (χ4v) is 4.39. The number of pyridine rings is 1. The minimum atomic E-state index is -4.41. The summed E-state index contributed by atoms with van der Waals surface area (Å²) in [5.74, 6) is 0. The number of fused-ring (bicyclic) bond motifs is 3. The quantitative estimate of drug-likeness (QED) is 0.204. The van der Waals surface area contributed by atoms with Crippen LogP contribution in [0, 0.1) is 19.1 Å². The van der Waals surface area contributed by atoms with Crippen LogP contribution in [0.2, 0.25) is 0 Å². The summed E-state index contributed by atoms with van der Waals surface area (Å²) in [6.07, 6.45) is 2.54. The van der Waals surface area contributed by atoms with Crippen LogP contribution in [0.3, 0.4) is 0 Å². The molecule has 0 fully saturated rings. The zero-order valence-electron chi connectivity index (χ0n) is 20.0. The van der Waals surface area contributed by atoms with E-state index in [-0.39, 0.29) is 26.3 Å². The van der Waals surface area contributed by atoms with Gasteiger partial charge < -0.3 is 15.2 Å². The van der Waals surface area contributed by atoms with Crippen molar-refractivity contribution < 1.29 is 33.3 Å². The van der Waals surface area contributed by atoms with Gasteiger partial charge in [0.1, 0.15) is 0 Å². The summed E-state index contributed by atoms with van der Waals surface area (Å²) in [5, 5.41) is 4.41. The largest absolute Gasteiger partial charge is 3.00 e. The molecule has 0 radical (unpaired) electrons. The van der Waals surface area contributed by atoms with Gasteiger partial charge in [0.2, 0.25) is 0 Å². The topological polar surface area (TPSA) is 30.2 Å². The van der Waals surface area contributed by atoms with Gasteiger partial charge in [-0.1, -0.05) is 42.8 Å². The second-order valence-electron chi connectivity index (χ2n) is 8.64. The van der Waals surface area contributed by atoms with E-state index in [0.29, 0.717) is 11.3 Å². The standard InChI is InChI=1S/C19H13F3N.C11H10N2.Ir/c1-13-12-23-18(11-17(13)14-6-3-2-4-7-14)15-8-5-9-16(10-15)19(20,21)22;1-2-4-10-9(3-1)5-7-13-8-6-12-11(10)13;/h2-9,11-12H,1H3;1-3,6,8,11H,5,7H2;/q-1;-2;+3. The Balaban J connectivity index is 0.000000193. The van der Waals surface area contributed by atoms with Crippen LogP contribution in [0.5, 0.6) is 0 Å². The number of aromatic nitrogens is 1. The van der Waals surface area contributed by atoms with Gasteiger partial charge in [0.15, 0.2) is 0 Å². The van der Waals surface area contributed by atoms with E-state index in [2.05, 4.69) is 45.7 Å². The van der Waals surface area contributed by atoms with Gasteiger partial charge in [0.05, 0.1) is 0 Å². The van der Waals surface area contributed by atoms with Gasteiger partial charge >= 0.3 is 26.3 Å². The Bertz CT molecular complexity index is 1390. The van der Waals surface area contributed by atoms with E-state index in [0.717, 1.165) is 35.7 Å². The van der Waals surface area contributed by atoms with Crippen molar-refractivity contribution in [1.29, 1.82) is 0 Å². The summed E-state index contributed by atoms with van der Waals surface area (Å²) in [4.78, 5) is 6.52. The van der Waals surface area contributed by atoms with Gasteiger partial charge in [0, 0.05) is 12.7 Å². The third-order valence-electron chi connectivity index (χ3n) is 6.24. The number of halogens is 3. The van der Waals surface area contributed by atoms with Crippen LogP contribution in [-0.2, 0) is 32.7 Å². The minimum Gasteiger partial charge on any atom is -0.668 e. The molecule has 0 N–H and O–H groups in total. The minimum absolute atomic E-state index is 0. The number of hydrogen-bond donors (Lipinski definition) is 0. The van der Waals surface area contributed by atoms with E-state index < -0.39 is 11.7 Å². The SMILES string of the molecule is Cc1cnc(-c2[c-]c(C(F)(F)F)ccc2)cc1-c1ccccc1.[Ir+3].[c-]1cccc2c1C1[N-]C=CN1CC2. The van der Waals surface area contributed by atoms with Gasteiger partial charge in [-0.05, 0) is 47.2 Å². The molecule has 3 nitrogen and oxygen atoms in total. The van der Waals surface area contributed by atoms with Crippen LogP contribution in [-0.4, -0.2) is 16.4 Å². The van der Waals surface area contributed by atoms with E-state index >= 15 is 0 Å². The van der Waals surface area contributed by atoms with Crippen LogP contribution in [0.25, 0.3) is 27.7 Å². The zero-order valence-corrected chi connectivity index (χ0v) is 22.4. The molecule has 2 aliphatic heterocycles. The van der Waals surface area contributed by atoms with E-state index in [9.17, 15) is 13.2 Å². The van der Waals surface area contributed by atoms with Crippen LogP contribution in [0.15, 0.2) is 91.4 Å². The Morgan fingerprint density at radius 1 is 1.03 bits per heavy atom. The third-order valence-corrected chi connectivity index (χ3v) is 6.24. The van der Waals surface area contributed by atoms with E-state index in [1.807, 2.05) is 49.5 Å². The van der Waals surface area contributed by atoms with Crippen molar-refractivity contribution in [2.24, 2.45) is 0 Å². The molecule has 0 aliphatic carbocycles. The Morgan fingerprint density at radius 3 is 2.62 bits per heavy atom. The molecule has 37 heavy (non-hydrogen) atoms. The van der Waals surface area contributed by atoms with Gasteiger partial charge in [-0.2, -0.15) is 54.8 Å². The maximum atomic E-state index is 12.8. The summed E-state index contributed by atoms with van der Waals surface area (Å²) < 4.78 is 38.5. The number of benzene rings is 3. The fraction of sp³-hybridized carbons (Fsp3) is 0.167. The average Bonchev–Trinajstić information content (AvgIpc) is 3.39. The van der Waals surface area contributed by atoms with E-state index in [1.165, 1.54) is 17.2 Å². The molecular formula is C30H23F3IrN3. The number of nitrogens with zero attached hydrogens (tertiary/aromatic N) is 3. The van der Waals surface area contributed by atoms with Crippen LogP contribution in [0.1, 0.15) is 28.4 Å². The third kappa shape index (κ3) is 5.95. The Labute approximate surface area is 228 Å². The Kier molecular flexibility index (Phi) is 8.16. The first-order chi connectivity index (χ1) is 17.4. The molecule has 0 spiro atoms. The fourth-order valence-electron chi connectivity index (χ4n) is 4.39. The molecule has 188 valence electrons. The summed E-state index contributed by atoms with van der Waals surface area (Å²) in [6.45, 7) is 3.00. The first kappa shape index (κ1) is 26.6. The summed E-state index contributed by atoms with van der Waals surface area (Å²) in [6, 6.07) is 27.3. The molecule has 0 amide bonds. The van der Waals surface area contributed by atoms with Crippen molar-refractivity contribution in [3.8, 4) is 22.4 Å². The van der Waals surface area contributed by atoms with Crippen molar-refractivity contribution in [2.45, 2.75) is 25.7 Å². The summed E-state index contributed by atoms with van der Waals surface area (Å²) >= 11 is 0. The second kappa shape index (κ2) is 11.3. The second-order valence-corrected chi connectivity index (χ2v) is 8.64. The molecule has 0 saturated heterocycles. The first-order valence-corrected chi connectivity index (χ1v) is 11.6. The molecule has 3 heterocycles. The molecule has 3 aromatic carbocycles. The molecule has 1 unspecified atom stereocenters. The molecule has 0 saturated carbocycles. The van der Waals surface area contributed by atoms with Crippen molar-refractivity contribution in [3.63, 3.8) is 0 Å². The molecular weight excluding hydrogens is 652 g/mol. The number of hydrogen-bond acceptors (Lipinski definition) is 2. The zero-order chi connectivity index (χ0) is 25.1. The molecule has 2 aliphatic rings. The molecule has 0 bridgehead atoms. The number of aryl methyl sites for hydroxylation is 1. The number of alkyl halides is 3. The summed E-state index contributed by atoms with van der Waals surface area (Å²) in [7, 11) is 0. The first-order valence-electron chi connectivity index (χ1n) is 11.6. The van der Waals surface area contributed by atoms with Gasteiger partial charge in [0.25, 0.3) is 0 Å². The number of rotatable bonds is 2. The predicted molar refractivity (Wildman–Crippen MR) is 135 cm³/mol. The maximum absolute atomic E-state index is 12.8. The smallest absolute Gasteiger partial charge is 0.668 e. The van der Waals surface area contributed by atoms with Crippen molar-refractivity contribution >= 4 is 0 Å². The van der Waals surface area contributed by atoms with Gasteiger partial charge in [-0.25, -0.2) is 0 Å². The molecule has 4 aromatic rings. The molecule has 1 aromatic heterocycles. The van der Waals surface area contributed by atoms with Gasteiger partial charge in [-0.3, -0.25) is 0 Å². The molecule has 7 heteroatoms. The Hall–Kier alpha value is -3.41. The van der Waals surface area contributed by atoms with Crippen molar-refractivity contribution in [2.75, 3.05) is 6.54 Å². The summed E-state index contributed by atoms with van der Waals surface area (Å²) in [5.41, 5.74) is 5.57. The van der Waals surface area contributed by atoms with Crippen LogP contribution in [0.4, 0.5) is 13.2 Å². The predicted octanol–water partition coefficient (Wildman–Crippen LogP) is 7.74. The van der Waals surface area contributed by atoms with Crippen molar-refractivity contribution in [1.82, 2.24) is 9.88 Å². The molecule has 1 atom stereocenters. The van der Waals surface area contributed by atoms with Crippen LogP contribution < -0.4 is 0 Å². The average molecular weight is 675 g/mol. The van der Waals surface area contributed by atoms with E-state index in [4.69, 9.17) is 0 Å². The monoisotopic (exact) mass is 675 g/mol. The van der Waals surface area contributed by atoms with Crippen molar-refractivity contribution in [3.05, 3.63) is 131 Å². The maximum Gasteiger partial charge on any atom is 3.00 e. The molecule has 6 rings (SSSR count). The van der Waals surface area contributed by atoms with Gasteiger partial charge in [-0.15, -0.1) is 29.8 Å².